The molecule has 0 fully saturated rings. The number of nitriles is 1. The number of amides is 1. The molecule has 1 aromatic rings. The number of carbonyl (C=O) groups is 1. The van der Waals surface area contributed by atoms with Gasteiger partial charge in [0.15, 0.2) is 0 Å². The summed E-state index contributed by atoms with van der Waals surface area (Å²) in [7, 11) is 1.32. The van der Waals surface area contributed by atoms with Crippen LogP contribution >= 0.6 is 0 Å². The first-order valence-electron chi connectivity index (χ1n) is 5.60. The van der Waals surface area contributed by atoms with Crippen LogP contribution in [0.25, 0.3) is 0 Å². The van der Waals surface area contributed by atoms with Crippen molar-refractivity contribution in [1.82, 2.24) is 0 Å². The van der Waals surface area contributed by atoms with E-state index in [1.165, 1.54) is 33.1 Å². The van der Waals surface area contributed by atoms with Crippen LogP contribution in [-0.2, 0) is 15.7 Å². The van der Waals surface area contributed by atoms with Crippen LogP contribution in [-0.4, -0.2) is 18.6 Å². The molecular formula is C13H13F3N2O2. The van der Waals surface area contributed by atoms with Crippen molar-refractivity contribution < 1.29 is 22.7 Å². The minimum atomic E-state index is -4.66. The maximum Gasteiger partial charge on any atom is 0.417 e. The van der Waals surface area contributed by atoms with Crippen molar-refractivity contribution in [2.24, 2.45) is 0 Å². The van der Waals surface area contributed by atoms with Gasteiger partial charge in [0, 0.05) is 12.8 Å². The summed E-state index contributed by atoms with van der Waals surface area (Å²) in [6, 6.07) is 4.44. The summed E-state index contributed by atoms with van der Waals surface area (Å²) in [5, 5.41) is 11.0. The van der Waals surface area contributed by atoms with Gasteiger partial charge in [-0.3, -0.25) is 4.79 Å². The van der Waals surface area contributed by atoms with E-state index in [9.17, 15) is 18.0 Å². The lowest BCUT2D eigenvalue weighted by molar-refractivity contribution is -0.138. The molecule has 7 heteroatoms. The molecular weight excluding hydrogens is 273 g/mol. The molecule has 4 nitrogen and oxygen atoms in total. The van der Waals surface area contributed by atoms with E-state index < -0.39 is 28.8 Å². The van der Waals surface area contributed by atoms with Crippen LogP contribution in [0, 0.1) is 11.3 Å². The maximum atomic E-state index is 12.8. The standard InChI is InChI=1S/C13H13F3N2O2/c1-12(2,20-3)11(19)18-9-5-4-8(7-17)10(6-9)13(14,15)16/h4-6H,1-3H3,(H,18,19). The summed E-state index contributed by atoms with van der Waals surface area (Å²) >= 11 is 0. The van der Waals surface area contributed by atoms with Gasteiger partial charge in [-0.2, -0.15) is 18.4 Å². The number of carbonyl (C=O) groups excluding carboxylic acids is 1. The first-order valence-corrected chi connectivity index (χ1v) is 5.60. The van der Waals surface area contributed by atoms with Gasteiger partial charge in [-0.05, 0) is 32.0 Å². The molecule has 0 radical (unpaired) electrons. The number of rotatable bonds is 3. The van der Waals surface area contributed by atoms with E-state index in [4.69, 9.17) is 10.00 Å². The monoisotopic (exact) mass is 286 g/mol. The highest BCUT2D eigenvalue weighted by molar-refractivity contribution is 5.96. The van der Waals surface area contributed by atoms with E-state index in [-0.39, 0.29) is 5.69 Å². The topological polar surface area (TPSA) is 62.1 Å². The molecule has 20 heavy (non-hydrogen) atoms. The van der Waals surface area contributed by atoms with Gasteiger partial charge in [-0.25, -0.2) is 0 Å². The summed E-state index contributed by atoms with van der Waals surface area (Å²) in [4.78, 5) is 11.8. The highest BCUT2D eigenvalue weighted by atomic mass is 19.4. The number of halogens is 3. The average molecular weight is 286 g/mol. The molecule has 0 unspecified atom stereocenters. The molecule has 0 aromatic heterocycles. The maximum absolute atomic E-state index is 12.8. The summed E-state index contributed by atoms with van der Waals surface area (Å²) in [6.07, 6.45) is -4.66. The number of nitrogens with zero attached hydrogens (tertiary/aromatic N) is 1. The Kier molecular flexibility index (Phi) is 4.40. The van der Waals surface area contributed by atoms with Gasteiger partial charge in [-0.15, -0.1) is 0 Å². The van der Waals surface area contributed by atoms with Crippen molar-refractivity contribution in [3.05, 3.63) is 29.3 Å². The molecule has 0 aliphatic rings. The molecule has 1 amide bonds. The van der Waals surface area contributed by atoms with Gasteiger partial charge in [0.05, 0.1) is 17.2 Å². The lowest BCUT2D eigenvalue weighted by Crippen LogP contribution is -2.38. The van der Waals surface area contributed by atoms with E-state index in [1.807, 2.05) is 0 Å². The van der Waals surface area contributed by atoms with Crippen LogP contribution in [0.15, 0.2) is 18.2 Å². The molecule has 0 atom stereocenters. The van der Waals surface area contributed by atoms with Gasteiger partial charge in [0.25, 0.3) is 5.91 Å². The number of anilines is 1. The largest absolute Gasteiger partial charge is 0.417 e. The van der Waals surface area contributed by atoms with Gasteiger partial charge in [-0.1, -0.05) is 0 Å². The molecule has 0 aliphatic carbocycles. The Balaban J connectivity index is 3.12. The lowest BCUT2D eigenvalue weighted by Gasteiger charge is -2.22. The Bertz CT molecular complexity index is 560. The van der Waals surface area contributed by atoms with E-state index >= 15 is 0 Å². The quantitative estimate of drug-likeness (QED) is 0.929. The molecule has 0 spiro atoms. The molecule has 1 N–H and O–H groups in total. The van der Waals surface area contributed by atoms with Crippen LogP contribution in [0.3, 0.4) is 0 Å². The van der Waals surface area contributed by atoms with E-state index in [0.717, 1.165) is 12.1 Å². The number of methoxy groups -OCH3 is 1. The molecule has 1 aromatic carbocycles. The van der Waals surface area contributed by atoms with Crippen molar-refractivity contribution in [1.29, 1.82) is 5.26 Å². The minimum absolute atomic E-state index is 0.0496. The molecule has 0 saturated heterocycles. The minimum Gasteiger partial charge on any atom is -0.369 e. The zero-order valence-corrected chi connectivity index (χ0v) is 11.1. The summed E-state index contributed by atoms with van der Waals surface area (Å²) in [5.74, 6) is -0.585. The number of alkyl halides is 3. The highest BCUT2D eigenvalue weighted by Crippen LogP contribution is 2.33. The van der Waals surface area contributed by atoms with E-state index in [1.54, 1.807) is 0 Å². The van der Waals surface area contributed by atoms with Crippen molar-refractivity contribution in [3.8, 4) is 6.07 Å². The van der Waals surface area contributed by atoms with Gasteiger partial charge < -0.3 is 10.1 Å². The van der Waals surface area contributed by atoms with Crippen LogP contribution in [0.5, 0.6) is 0 Å². The molecule has 0 aliphatic heterocycles. The SMILES string of the molecule is COC(C)(C)C(=O)Nc1ccc(C#N)c(C(F)(F)F)c1. The third-order valence-corrected chi connectivity index (χ3v) is 2.76. The van der Waals surface area contributed by atoms with Gasteiger partial charge in [0.1, 0.15) is 5.60 Å². The third-order valence-electron chi connectivity index (χ3n) is 2.76. The lowest BCUT2D eigenvalue weighted by atomic mass is 10.1. The van der Waals surface area contributed by atoms with Crippen LogP contribution in [0.4, 0.5) is 18.9 Å². The number of nitrogens with one attached hydrogen (secondary N) is 1. The predicted octanol–water partition coefficient (Wildman–Crippen LogP) is 2.94. The summed E-state index contributed by atoms with van der Waals surface area (Å²) < 4.78 is 43.2. The molecule has 1 rings (SSSR count). The number of hydrogen-bond acceptors (Lipinski definition) is 3. The first-order chi connectivity index (χ1) is 9.11. The molecule has 108 valence electrons. The Hall–Kier alpha value is -2.07. The predicted molar refractivity (Wildman–Crippen MR) is 65.9 cm³/mol. The second-order valence-electron chi connectivity index (χ2n) is 4.54. The summed E-state index contributed by atoms with van der Waals surface area (Å²) in [6.45, 7) is 2.97. The normalized spacial score (nSPS) is 11.8. The first kappa shape index (κ1) is 16.0. The van der Waals surface area contributed by atoms with Crippen LogP contribution in [0.1, 0.15) is 25.0 Å². The highest BCUT2D eigenvalue weighted by Gasteiger charge is 2.34. The zero-order valence-electron chi connectivity index (χ0n) is 11.1. The third kappa shape index (κ3) is 3.48. The number of hydrogen-bond donors (Lipinski definition) is 1. The Morgan fingerprint density at radius 1 is 1.35 bits per heavy atom. The fourth-order valence-electron chi connectivity index (χ4n) is 1.33. The molecule has 0 bridgehead atoms. The Labute approximate surface area is 114 Å². The fourth-order valence-corrected chi connectivity index (χ4v) is 1.33. The second kappa shape index (κ2) is 5.51. The average Bonchev–Trinajstić information content (AvgIpc) is 2.37. The van der Waals surface area contributed by atoms with E-state index in [0.29, 0.717) is 0 Å². The second-order valence-corrected chi connectivity index (χ2v) is 4.54. The van der Waals surface area contributed by atoms with Crippen LogP contribution < -0.4 is 5.32 Å². The molecule has 0 heterocycles. The molecule has 0 saturated carbocycles. The van der Waals surface area contributed by atoms with E-state index in [2.05, 4.69) is 5.32 Å². The Morgan fingerprint density at radius 3 is 2.40 bits per heavy atom. The van der Waals surface area contributed by atoms with Gasteiger partial charge in [0.2, 0.25) is 0 Å². The number of ether oxygens (including phenoxy) is 1. The van der Waals surface area contributed by atoms with Gasteiger partial charge >= 0.3 is 6.18 Å². The summed E-state index contributed by atoms with van der Waals surface area (Å²) in [5.41, 5.74) is -2.81. The smallest absolute Gasteiger partial charge is 0.369 e. The van der Waals surface area contributed by atoms with Crippen molar-refractivity contribution in [2.45, 2.75) is 25.6 Å². The Morgan fingerprint density at radius 2 is 1.95 bits per heavy atom. The van der Waals surface area contributed by atoms with Crippen molar-refractivity contribution >= 4 is 11.6 Å². The van der Waals surface area contributed by atoms with Crippen molar-refractivity contribution in [2.75, 3.05) is 12.4 Å². The fraction of sp³-hybridized carbons (Fsp3) is 0.385. The van der Waals surface area contributed by atoms with Crippen molar-refractivity contribution in [3.63, 3.8) is 0 Å². The number of benzene rings is 1. The van der Waals surface area contributed by atoms with Crippen LogP contribution in [0.2, 0.25) is 0 Å². The zero-order chi connectivity index (χ0) is 15.6.